The molecule has 0 fully saturated rings. The quantitative estimate of drug-likeness (QED) is 0.920. The van der Waals surface area contributed by atoms with Gasteiger partial charge in [0.1, 0.15) is 17.0 Å². The summed E-state index contributed by atoms with van der Waals surface area (Å²) >= 11 is 1.68. The molecule has 5 nitrogen and oxygen atoms in total. The number of aromatic nitrogens is 3. The number of nitrogens with one attached hydrogen (secondary N) is 1. The second-order valence-electron chi connectivity index (χ2n) is 5.79. The number of hydrogen-bond donors (Lipinski definition) is 1. The average molecular weight is 306 g/mol. The molecule has 2 rings (SSSR count). The van der Waals surface area contributed by atoms with Crippen molar-refractivity contribution in [1.82, 2.24) is 20.3 Å². The van der Waals surface area contributed by atoms with E-state index in [1.165, 1.54) is 11.2 Å². The molecule has 21 heavy (non-hydrogen) atoms. The first kappa shape index (κ1) is 15.9. The largest absolute Gasteiger partial charge is 0.481 e. The molecule has 2 heterocycles. The number of nitrogens with zero attached hydrogens (tertiary/aromatic N) is 3. The van der Waals surface area contributed by atoms with Crippen molar-refractivity contribution in [1.29, 1.82) is 0 Å². The summed E-state index contributed by atoms with van der Waals surface area (Å²) in [6.07, 6.45) is 2.42. The van der Waals surface area contributed by atoms with E-state index in [1.54, 1.807) is 18.4 Å². The van der Waals surface area contributed by atoms with Gasteiger partial charge in [0.2, 0.25) is 5.88 Å². The molecule has 0 aliphatic heterocycles. The van der Waals surface area contributed by atoms with Gasteiger partial charge in [-0.25, -0.2) is 15.0 Å². The highest BCUT2D eigenvalue weighted by molar-refractivity contribution is 7.15. The molecule has 0 radical (unpaired) electrons. The van der Waals surface area contributed by atoms with Crippen LogP contribution in [-0.2, 0) is 13.0 Å². The van der Waals surface area contributed by atoms with E-state index >= 15 is 0 Å². The number of thiazole rings is 1. The van der Waals surface area contributed by atoms with Gasteiger partial charge in [0.15, 0.2) is 0 Å². The van der Waals surface area contributed by atoms with Crippen molar-refractivity contribution in [3.05, 3.63) is 23.0 Å². The van der Waals surface area contributed by atoms with Crippen molar-refractivity contribution in [2.75, 3.05) is 7.11 Å². The minimum Gasteiger partial charge on any atom is -0.481 e. The highest BCUT2D eigenvalue weighted by Crippen LogP contribution is 2.28. The van der Waals surface area contributed by atoms with Gasteiger partial charge in [-0.1, -0.05) is 6.92 Å². The Labute approximate surface area is 129 Å². The van der Waals surface area contributed by atoms with Gasteiger partial charge in [0.05, 0.1) is 12.8 Å². The predicted octanol–water partition coefficient (Wildman–Crippen LogP) is 3.06. The van der Waals surface area contributed by atoms with Gasteiger partial charge in [0.25, 0.3) is 0 Å². The molecule has 0 aliphatic rings. The first-order valence-corrected chi connectivity index (χ1v) is 7.84. The minimum absolute atomic E-state index is 0.0906. The van der Waals surface area contributed by atoms with Crippen LogP contribution in [0.25, 0.3) is 10.7 Å². The Morgan fingerprint density at radius 3 is 2.67 bits per heavy atom. The number of hydrogen-bond acceptors (Lipinski definition) is 6. The van der Waals surface area contributed by atoms with E-state index in [-0.39, 0.29) is 5.54 Å². The Kier molecular flexibility index (Phi) is 4.90. The fourth-order valence-electron chi connectivity index (χ4n) is 1.82. The van der Waals surface area contributed by atoms with Crippen molar-refractivity contribution in [3.8, 4) is 16.6 Å². The Morgan fingerprint density at radius 2 is 2.05 bits per heavy atom. The molecule has 0 saturated heterocycles. The van der Waals surface area contributed by atoms with Gasteiger partial charge in [-0.2, -0.15) is 0 Å². The second-order valence-corrected chi connectivity index (χ2v) is 6.88. The van der Waals surface area contributed by atoms with Crippen LogP contribution in [0.2, 0.25) is 0 Å². The normalized spacial score (nSPS) is 11.7. The van der Waals surface area contributed by atoms with Gasteiger partial charge in [-0.05, 0) is 27.2 Å². The van der Waals surface area contributed by atoms with Crippen LogP contribution >= 0.6 is 11.3 Å². The highest BCUT2D eigenvalue weighted by Gasteiger charge is 2.15. The topological polar surface area (TPSA) is 59.9 Å². The second kappa shape index (κ2) is 6.49. The summed E-state index contributed by atoms with van der Waals surface area (Å²) in [7, 11) is 1.60. The Balaban J connectivity index is 2.27. The number of aryl methyl sites for hydroxylation is 1. The summed E-state index contributed by atoms with van der Waals surface area (Å²) in [5.41, 5.74) is 2.03. The van der Waals surface area contributed by atoms with Crippen LogP contribution < -0.4 is 10.1 Å². The van der Waals surface area contributed by atoms with E-state index in [2.05, 4.69) is 43.0 Å². The van der Waals surface area contributed by atoms with Gasteiger partial charge in [-0.3, -0.25) is 0 Å². The van der Waals surface area contributed by atoms with Crippen LogP contribution in [0.4, 0.5) is 0 Å². The van der Waals surface area contributed by atoms with E-state index < -0.39 is 0 Å². The maximum Gasteiger partial charge on any atom is 0.216 e. The lowest BCUT2D eigenvalue weighted by Crippen LogP contribution is -2.35. The fourth-order valence-corrected chi connectivity index (χ4v) is 2.88. The molecular formula is C15H22N4OS. The van der Waals surface area contributed by atoms with Crippen LogP contribution in [0.3, 0.4) is 0 Å². The first-order chi connectivity index (χ1) is 9.93. The molecule has 114 valence electrons. The summed E-state index contributed by atoms with van der Waals surface area (Å²) < 4.78 is 5.15. The third kappa shape index (κ3) is 4.22. The molecule has 0 spiro atoms. The number of ether oxygens (including phenoxy) is 1. The zero-order valence-electron chi connectivity index (χ0n) is 13.2. The molecule has 0 aromatic carbocycles. The molecular weight excluding hydrogens is 284 g/mol. The van der Waals surface area contributed by atoms with Crippen molar-refractivity contribution >= 4 is 11.3 Å². The molecule has 0 unspecified atom stereocenters. The predicted molar refractivity (Wildman–Crippen MR) is 85.7 cm³/mol. The highest BCUT2D eigenvalue weighted by atomic mass is 32.1. The third-order valence-electron chi connectivity index (χ3n) is 2.96. The Bertz CT molecular complexity index is 604. The van der Waals surface area contributed by atoms with Crippen molar-refractivity contribution < 1.29 is 4.74 Å². The zero-order valence-corrected chi connectivity index (χ0v) is 14.0. The van der Waals surface area contributed by atoms with Crippen LogP contribution in [0.1, 0.15) is 38.3 Å². The van der Waals surface area contributed by atoms with Gasteiger partial charge in [0, 0.05) is 23.0 Å². The van der Waals surface area contributed by atoms with Crippen LogP contribution in [0.15, 0.2) is 12.4 Å². The average Bonchev–Trinajstić information content (AvgIpc) is 2.88. The van der Waals surface area contributed by atoms with E-state index in [0.29, 0.717) is 5.88 Å². The molecule has 0 bridgehead atoms. The van der Waals surface area contributed by atoms with Gasteiger partial charge in [-0.15, -0.1) is 11.3 Å². The first-order valence-electron chi connectivity index (χ1n) is 7.03. The molecule has 0 aliphatic carbocycles. The monoisotopic (exact) mass is 306 g/mol. The smallest absolute Gasteiger partial charge is 0.216 e. The van der Waals surface area contributed by atoms with E-state index in [4.69, 9.17) is 9.72 Å². The molecule has 1 N–H and O–H groups in total. The Morgan fingerprint density at radius 1 is 1.29 bits per heavy atom. The van der Waals surface area contributed by atoms with Crippen molar-refractivity contribution in [2.45, 2.75) is 46.2 Å². The maximum absolute atomic E-state index is 5.15. The standard InChI is InChI=1S/C15H22N4OS/c1-6-10-12(8-18-15(2,3)4)21-14(19-10)11-7-13(20-5)17-9-16-11/h7,9,18H,6,8H2,1-5H3. The molecule has 2 aromatic rings. The lowest BCUT2D eigenvalue weighted by atomic mass is 10.1. The molecule has 0 atom stereocenters. The summed E-state index contributed by atoms with van der Waals surface area (Å²) in [6.45, 7) is 9.44. The van der Waals surface area contributed by atoms with Crippen LogP contribution in [-0.4, -0.2) is 27.6 Å². The fraction of sp³-hybridized carbons (Fsp3) is 0.533. The Hall–Kier alpha value is -1.53. The summed E-state index contributed by atoms with van der Waals surface area (Å²) in [5.74, 6) is 0.558. The van der Waals surface area contributed by atoms with Crippen molar-refractivity contribution in [3.63, 3.8) is 0 Å². The lowest BCUT2D eigenvalue weighted by Gasteiger charge is -2.20. The van der Waals surface area contributed by atoms with Gasteiger partial charge < -0.3 is 10.1 Å². The summed E-state index contributed by atoms with van der Waals surface area (Å²) in [6, 6.07) is 1.82. The van der Waals surface area contributed by atoms with Crippen LogP contribution in [0, 0.1) is 0 Å². The van der Waals surface area contributed by atoms with E-state index in [0.717, 1.165) is 29.4 Å². The number of methoxy groups -OCH3 is 1. The summed E-state index contributed by atoms with van der Waals surface area (Å²) in [4.78, 5) is 14.3. The minimum atomic E-state index is 0.0906. The van der Waals surface area contributed by atoms with Crippen molar-refractivity contribution in [2.24, 2.45) is 0 Å². The lowest BCUT2D eigenvalue weighted by molar-refractivity contribution is 0.397. The number of rotatable bonds is 5. The van der Waals surface area contributed by atoms with Gasteiger partial charge >= 0.3 is 0 Å². The van der Waals surface area contributed by atoms with E-state index in [9.17, 15) is 0 Å². The SMILES string of the molecule is CCc1nc(-c2cc(OC)ncn2)sc1CNC(C)(C)C. The zero-order chi connectivity index (χ0) is 15.5. The molecule has 2 aromatic heterocycles. The summed E-state index contributed by atoms with van der Waals surface area (Å²) in [5, 5.41) is 4.43. The molecule has 0 amide bonds. The molecule has 0 saturated carbocycles. The molecule has 6 heteroatoms. The van der Waals surface area contributed by atoms with Crippen LogP contribution in [0.5, 0.6) is 5.88 Å². The maximum atomic E-state index is 5.15. The third-order valence-corrected chi connectivity index (χ3v) is 4.08. The van der Waals surface area contributed by atoms with E-state index in [1.807, 2.05) is 6.07 Å².